The predicted molar refractivity (Wildman–Crippen MR) is 105 cm³/mol. The van der Waals surface area contributed by atoms with Crippen LogP contribution in [0.15, 0.2) is 66.0 Å². The molecule has 1 saturated heterocycles. The Bertz CT molecular complexity index is 1030. The molecule has 140 valence electrons. The fourth-order valence-electron chi connectivity index (χ4n) is 3.49. The summed E-state index contributed by atoms with van der Waals surface area (Å²) in [6.45, 7) is 4.78. The molecule has 0 unspecified atom stereocenters. The molecular formula is C20H22N4O2S. The fourth-order valence-corrected chi connectivity index (χ4v) is 5.17. The van der Waals surface area contributed by atoms with Crippen LogP contribution in [0.3, 0.4) is 0 Å². The zero-order valence-electron chi connectivity index (χ0n) is 15.2. The number of sulfonamides is 1. The van der Waals surface area contributed by atoms with Gasteiger partial charge in [-0.15, -0.1) is 0 Å². The molecule has 0 N–H and O–H groups in total. The monoisotopic (exact) mass is 382 g/mol. The molecule has 2 aromatic heterocycles. The Labute approximate surface area is 159 Å². The summed E-state index contributed by atoms with van der Waals surface area (Å²) in [6, 6.07) is 13.2. The van der Waals surface area contributed by atoms with Crippen molar-refractivity contribution in [2.45, 2.75) is 24.4 Å². The first kappa shape index (κ1) is 18.0. The zero-order valence-corrected chi connectivity index (χ0v) is 16.0. The molecule has 3 heterocycles. The molecule has 4 rings (SSSR count). The van der Waals surface area contributed by atoms with Crippen molar-refractivity contribution in [2.75, 3.05) is 19.6 Å². The maximum Gasteiger partial charge on any atom is 0.245 e. The number of hydrogen-bond acceptors (Lipinski definition) is 5. The summed E-state index contributed by atoms with van der Waals surface area (Å²) in [7, 11) is -3.54. The van der Waals surface area contributed by atoms with Crippen LogP contribution < -0.4 is 0 Å². The van der Waals surface area contributed by atoms with E-state index in [1.807, 2.05) is 30.3 Å². The highest BCUT2D eigenvalue weighted by Gasteiger charge is 2.40. The molecule has 0 atom stereocenters. The normalized spacial score (nSPS) is 15.9. The van der Waals surface area contributed by atoms with Crippen molar-refractivity contribution >= 4 is 20.9 Å². The zero-order chi connectivity index (χ0) is 18.9. The molecule has 1 aromatic carbocycles. The second-order valence-corrected chi connectivity index (χ2v) is 8.63. The van der Waals surface area contributed by atoms with Crippen LogP contribution in [0.25, 0.3) is 10.9 Å². The Morgan fingerprint density at radius 2 is 1.81 bits per heavy atom. The van der Waals surface area contributed by atoms with E-state index in [1.165, 1.54) is 5.56 Å². The molecular weight excluding hydrogens is 360 g/mol. The summed E-state index contributed by atoms with van der Waals surface area (Å²) in [5, 5.41) is 0.837. The second-order valence-electron chi connectivity index (χ2n) is 6.73. The molecule has 0 saturated carbocycles. The van der Waals surface area contributed by atoms with E-state index in [1.54, 1.807) is 35.0 Å². The summed E-state index contributed by atoms with van der Waals surface area (Å²) in [6.07, 6.45) is 5.20. The number of likely N-dealkylation sites (N-methyl/N-ethyl adjacent to an activating group) is 1. The van der Waals surface area contributed by atoms with Crippen LogP contribution in [0.4, 0.5) is 0 Å². The lowest BCUT2D eigenvalue weighted by Crippen LogP contribution is -2.60. The Kier molecular flexibility index (Phi) is 4.90. The quantitative estimate of drug-likeness (QED) is 0.655. The van der Waals surface area contributed by atoms with E-state index >= 15 is 0 Å². The topological polar surface area (TPSA) is 66.4 Å². The number of benzene rings is 1. The standard InChI is InChI=1S/C20H22N4O2S/c1-2-23(13-16-8-11-21-12-9-16)18-14-24(15-18)27(25,26)19-7-3-5-17-6-4-10-22-20(17)19/h3-12,18H,2,13-15H2,1H3. The lowest BCUT2D eigenvalue weighted by atomic mass is 10.1. The Balaban J connectivity index is 1.51. The molecule has 0 radical (unpaired) electrons. The fraction of sp³-hybridized carbons (Fsp3) is 0.300. The van der Waals surface area contributed by atoms with E-state index in [0.29, 0.717) is 18.6 Å². The molecule has 7 heteroatoms. The van der Waals surface area contributed by atoms with Gasteiger partial charge in [-0.2, -0.15) is 4.31 Å². The second kappa shape index (κ2) is 7.34. The van der Waals surface area contributed by atoms with Crippen molar-refractivity contribution in [1.29, 1.82) is 0 Å². The van der Waals surface area contributed by atoms with Gasteiger partial charge in [0.2, 0.25) is 10.0 Å². The van der Waals surface area contributed by atoms with Gasteiger partial charge in [0.1, 0.15) is 4.90 Å². The van der Waals surface area contributed by atoms with Gasteiger partial charge in [0.15, 0.2) is 0 Å². The summed E-state index contributed by atoms with van der Waals surface area (Å²) in [4.78, 5) is 10.9. The van der Waals surface area contributed by atoms with Gasteiger partial charge in [-0.05, 0) is 36.4 Å². The Morgan fingerprint density at radius 1 is 1.07 bits per heavy atom. The SMILES string of the molecule is CCN(Cc1ccncc1)C1CN(S(=O)(=O)c2cccc3cccnc23)C1. The summed E-state index contributed by atoms with van der Waals surface area (Å²) < 4.78 is 27.8. The van der Waals surface area contributed by atoms with Crippen molar-refractivity contribution in [3.05, 3.63) is 66.6 Å². The van der Waals surface area contributed by atoms with Gasteiger partial charge in [0, 0.05) is 49.7 Å². The van der Waals surface area contributed by atoms with Gasteiger partial charge in [-0.25, -0.2) is 8.42 Å². The highest BCUT2D eigenvalue weighted by molar-refractivity contribution is 7.89. The lowest BCUT2D eigenvalue weighted by Gasteiger charge is -2.44. The third-order valence-electron chi connectivity index (χ3n) is 5.10. The smallest absolute Gasteiger partial charge is 0.245 e. The average Bonchev–Trinajstić information content (AvgIpc) is 2.66. The first-order chi connectivity index (χ1) is 13.1. The predicted octanol–water partition coefficient (Wildman–Crippen LogP) is 2.52. The molecule has 27 heavy (non-hydrogen) atoms. The molecule has 1 aliphatic heterocycles. The van der Waals surface area contributed by atoms with Crippen LogP contribution in [0.5, 0.6) is 0 Å². The Morgan fingerprint density at radius 3 is 2.56 bits per heavy atom. The van der Waals surface area contributed by atoms with Crippen LogP contribution in [0, 0.1) is 0 Å². The first-order valence-corrected chi connectivity index (χ1v) is 10.5. The largest absolute Gasteiger partial charge is 0.294 e. The number of pyridine rings is 2. The Hall–Kier alpha value is -2.35. The van der Waals surface area contributed by atoms with E-state index in [4.69, 9.17) is 0 Å². The third-order valence-corrected chi connectivity index (χ3v) is 6.96. The maximum atomic E-state index is 13.1. The summed E-state index contributed by atoms with van der Waals surface area (Å²) >= 11 is 0. The van der Waals surface area contributed by atoms with E-state index in [-0.39, 0.29) is 10.9 Å². The van der Waals surface area contributed by atoms with Gasteiger partial charge >= 0.3 is 0 Å². The number of hydrogen-bond donors (Lipinski definition) is 0. The number of fused-ring (bicyclic) bond motifs is 1. The molecule has 1 aliphatic rings. The van der Waals surface area contributed by atoms with Crippen LogP contribution >= 0.6 is 0 Å². The number of nitrogens with zero attached hydrogens (tertiary/aromatic N) is 4. The summed E-state index contributed by atoms with van der Waals surface area (Å²) in [5.74, 6) is 0. The van der Waals surface area contributed by atoms with Crippen molar-refractivity contribution in [2.24, 2.45) is 0 Å². The van der Waals surface area contributed by atoms with Crippen molar-refractivity contribution < 1.29 is 8.42 Å². The first-order valence-electron chi connectivity index (χ1n) is 9.06. The average molecular weight is 382 g/mol. The van der Waals surface area contributed by atoms with Crippen molar-refractivity contribution in [3.8, 4) is 0 Å². The molecule has 3 aromatic rings. The van der Waals surface area contributed by atoms with Crippen molar-refractivity contribution in [3.63, 3.8) is 0 Å². The number of para-hydroxylation sites is 1. The van der Waals surface area contributed by atoms with E-state index in [2.05, 4.69) is 21.8 Å². The van der Waals surface area contributed by atoms with Gasteiger partial charge in [0.05, 0.1) is 5.52 Å². The van der Waals surface area contributed by atoms with Crippen LogP contribution in [0.2, 0.25) is 0 Å². The van der Waals surface area contributed by atoms with Crippen molar-refractivity contribution in [1.82, 2.24) is 19.2 Å². The number of rotatable bonds is 6. The van der Waals surface area contributed by atoms with Gasteiger partial charge in [0.25, 0.3) is 0 Å². The summed E-state index contributed by atoms with van der Waals surface area (Å²) in [5.41, 5.74) is 1.72. The lowest BCUT2D eigenvalue weighted by molar-refractivity contribution is 0.0863. The van der Waals surface area contributed by atoms with Crippen LogP contribution in [-0.4, -0.2) is 53.3 Å². The van der Waals surface area contributed by atoms with Crippen LogP contribution in [-0.2, 0) is 16.6 Å². The molecule has 0 aliphatic carbocycles. The highest BCUT2D eigenvalue weighted by Crippen LogP contribution is 2.29. The molecule has 1 fully saturated rings. The third kappa shape index (κ3) is 3.45. The van der Waals surface area contributed by atoms with E-state index in [0.717, 1.165) is 18.5 Å². The minimum absolute atomic E-state index is 0.223. The molecule has 0 spiro atoms. The maximum absolute atomic E-state index is 13.1. The molecule has 0 bridgehead atoms. The van der Waals surface area contributed by atoms with E-state index in [9.17, 15) is 8.42 Å². The van der Waals surface area contributed by atoms with E-state index < -0.39 is 10.0 Å². The highest BCUT2D eigenvalue weighted by atomic mass is 32.2. The van der Waals surface area contributed by atoms with Gasteiger partial charge < -0.3 is 0 Å². The molecule has 0 amide bonds. The molecule has 6 nitrogen and oxygen atoms in total. The minimum atomic E-state index is -3.54. The minimum Gasteiger partial charge on any atom is -0.294 e. The number of aromatic nitrogens is 2. The van der Waals surface area contributed by atoms with Gasteiger partial charge in [-0.3, -0.25) is 14.9 Å². The van der Waals surface area contributed by atoms with Gasteiger partial charge in [-0.1, -0.05) is 25.1 Å². The van der Waals surface area contributed by atoms with Crippen LogP contribution in [0.1, 0.15) is 12.5 Å².